The van der Waals surface area contributed by atoms with Crippen LogP contribution in [0.2, 0.25) is 0 Å². The van der Waals surface area contributed by atoms with Gasteiger partial charge in [0.15, 0.2) is 0 Å². The van der Waals surface area contributed by atoms with Crippen molar-refractivity contribution in [3.63, 3.8) is 0 Å². The van der Waals surface area contributed by atoms with Gasteiger partial charge in [0, 0.05) is 4.88 Å². The molecule has 0 aliphatic heterocycles. The summed E-state index contributed by atoms with van der Waals surface area (Å²) in [6.45, 7) is 1.88. The molecule has 78 valence electrons. The minimum atomic E-state index is -0.639. The van der Waals surface area contributed by atoms with E-state index in [0.29, 0.717) is 10.2 Å². The molecular weight excluding hydrogens is 216 g/mol. The number of rotatable bonds is 1. The SMILES string of the molecule is COC(=O)c1nc2sc(C)cc2c(=O)[nH]1. The topological polar surface area (TPSA) is 72.0 Å². The molecule has 0 aromatic carbocycles. The largest absolute Gasteiger partial charge is 0.463 e. The molecule has 0 spiro atoms. The fourth-order valence-corrected chi connectivity index (χ4v) is 2.13. The highest BCUT2D eigenvalue weighted by atomic mass is 32.1. The number of aromatic amines is 1. The van der Waals surface area contributed by atoms with E-state index in [1.807, 2.05) is 6.92 Å². The van der Waals surface area contributed by atoms with E-state index in [9.17, 15) is 9.59 Å². The first-order valence-corrected chi connectivity index (χ1v) is 5.02. The Morgan fingerprint density at radius 2 is 2.33 bits per heavy atom. The van der Waals surface area contributed by atoms with Crippen molar-refractivity contribution in [2.75, 3.05) is 7.11 Å². The van der Waals surface area contributed by atoms with E-state index in [2.05, 4.69) is 14.7 Å². The van der Waals surface area contributed by atoms with E-state index >= 15 is 0 Å². The van der Waals surface area contributed by atoms with Crippen molar-refractivity contribution in [3.8, 4) is 0 Å². The first-order valence-electron chi connectivity index (χ1n) is 4.20. The van der Waals surface area contributed by atoms with Crippen LogP contribution in [0.4, 0.5) is 0 Å². The third-order valence-corrected chi connectivity index (χ3v) is 2.85. The zero-order chi connectivity index (χ0) is 11.0. The van der Waals surface area contributed by atoms with Crippen LogP contribution in [0, 0.1) is 6.92 Å². The van der Waals surface area contributed by atoms with Crippen LogP contribution in [-0.4, -0.2) is 23.0 Å². The quantitative estimate of drug-likeness (QED) is 0.736. The Balaban J connectivity index is 2.72. The fraction of sp³-hybridized carbons (Fsp3) is 0.222. The summed E-state index contributed by atoms with van der Waals surface area (Å²) in [7, 11) is 1.24. The maximum absolute atomic E-state index is 11.5. The first-order chi connectivity index (χ1) is 7.11. The van der Waals surface area contributed by atoms with Crippen LogP contribution >= 0.6 is 11.3 Å². The van der Waals surface area contributed by atoms with E-state index in [4.69, 9.17) is 0 Å². The van der Waals surface area contributed by atoms with Gasteiger partial charge in [0.05, 0.1) is 12.5 Å². The predicted molar refractivity (Wildman–Crippen MR) is 56.3 cm³/mol. The number of aromatic nitrogens is 2. The summed E-state index contributed by atoms with van der Waals surface area (Å²) in [4.78, 5) is 30.6. The van der Waals surface area contributed by atoms with Gasteiger partial charge < -0.3 is 9.72 Å². The highest BCUT2D eigenvalue weighted by Crippen LogP contribution is 2.19. The van der Waals surface area contributed by atoms with Gasteiger partial charge >= 0.3 is 5.97 Å². The van der Waals surface area contributed by atoms with Crippen LogP contribution in [0.3, 0.4) is 0 Å². The normalized spacial score (nSPS) is 10.5. The Kier molecular flexibility index (Phi) is 2.28. The maximum atomic E-state index is 11.5. The molecule has 2 heterocycles. The summed E-state index contributed by atoms with van der Waals surface area (Å²) in [5, 5.41) is 0.505. The Hall–Kier alpha value is -1.69. The number of aryl methyl sites for hydroxylation is 1. The van der Waals surface area contributed by atoms with E-state index in [1.54, 1.807) is 6.07 Å². The van der Waals surface area contributed by atoms with E-state index < -0.39 is 5.97 Å². The van der Waals surface area contributed by atoms with Crippen molar-refractivity contribution >= 4 is 27.5 Å². The molecule has 0 unspecified atom stereocenters. The average Bonchev–Trinajstić information content (AvgIpc) is 2.58. The predicted octanol–water partition coefficient (Wildman–Crippen LogP) is 1.08. The standard InChI is InChI=1S/C9H8N2O3S/c1-4-3-5-7(12)10-6(9(13)14-2)11-8(5)15-4/h3H,1-2H3,(H,10,11,12). The number of carbonyl (C=O) groups excluding carboxylic acids is 1. The summed E-state index contributed by atoms with van der Waals surface area (Å²) in [5.74, 6) is -0.697. The Morgan fingerprint density at radius 1 is 1.60 bits per heavy atom. The van der Waals surface area contributed by atoms with Gasteiger partial charge in [-0.2, -0.15) is 0 Å². The van der Waals surface area contributed by atoms with Crippen LogP contribution in [0.5, 0.6) is 0 Å². The molecule has 15 heavy (non-hydrogen) atoms. The second-order valence-electron chi connectivity index (χ2n) is 2.98. The number of carbonyl (C=O) groups is 1. The van der Waals surface area contributed by atoms with Crippen LogP contribution in [0.15, 0.2) is 10.9 Å². The van der Waals surface area contributed by atoms with E-state index in [0.717, 1.165) is 4.88 Å². The molecule has 0 aliphatic rings. The van der Waals surface area contributed by atoms with Gasteiger partial charge in [-0.3, -0.25) is 4.79 Å². The van der Waals surface area contributed by atoms with Gasteiger partial charge in [-0.25, -0.2) is 9.78 Å². The number of hydrogen-bond donors (Lipinski definition) is 1. The Morgan fingerprint density at radius 3 is 3.00 bits per heavy atom. The molecule has 0 fully saturated rings. The number of nitrogens with zero attached hydrogens (tertiary/aromatic N) is 1. The minimum Gasteiger partial charge on any atom is -0.463 e. The lowest BCUT2D eigenvalue weighted by Crippen LogP contribution is -2.15. The van der Waals surface area contributed by atoms with Crippen molar-refractivity contribution in [2.24, 2.45) is 0 Å². The Labute approximate surface area is 88.7 Å². The Bertz CT molecular complexity index is 585. The summed E-state index contributed by atoms with van der Waals surface area (Å²) in [6.07, 6.45) is 0. The number of H-pyrrole nitrogens is 1. The van der Waals surface area contributed by atoms with E-state index in [1.165, 1.54) is 18.4 Å². The molecule has 1 N–H and O–H groups in total. The monoisotopic (exact) mass is 224 g/mol. The number of methoxy groups -OCH3 is 1. The second-order valence-corrected chi connectivity index (χ2v) is 4.22. The molecule has 2 rings (SSSR count). The molecule has 0 aliphatic carbocycles. The molecule has 0 saturated heterocycles. The first kappa shape index (κ1) is 9.85. The van der Waals surface area contributed by atoms with Gasteiger partial charge in [0.1, 0.15) is 4.83 Å². The van der Waals surface area contributed by atoms with Crippen molar-refractivity contribution in [3.05, 3.63) is 27.1 Å². The van der Waals surface area contributed by atoms with Crippen LogP contribution in [-0.2, 0) is 4.74 Å². The molecule has 5 nitrogen and oxygen atoms in total. The molecule has 0 amide bonds. The van der Waals surface area contributed by atoms with Crippen LogP contribution in [0.25, 0.3) is 10.2 Å². The van der Waals surface area contributed by atoms with Crippen LogP contribution in [0.1, 0.15) is 15.5 Å². The van der Waals surface area contributed by atoms with Gasteiger partial charge in [-0.15, -0.1) is 11.3 Å². The lowest BCUT2D eigenvalue weighted by Gasteiger charge is -1.96. The number of fused-ring (bicyclic) bond motifs is 1. The number of esters is 1. The van der Waals surface area contributed by atoms with Crippen molar-refractivity contribution in [1.29, 1.82) is 0 Å². The molecule has 6 heteroatoms. The van der Waals surface area contributed by atoms with Crippen molar-refractivity contribution in [1.82, 2.24) is 9.97 Å². The van der Waals surface area contributed by atoms with E-state index in [-0.39, 0.29) is 11.4 Å². The number of hydrogen-bond acceptors (Lipinski definition) is 5. The maximum Gasteiger partial charge on any atom is 0.374 e. The van der Waals surface area contributed by atoms with Gasteiger partial charge in [-0.1, -0.05) is 0 Å². The third-order valence-electron chi connectivity index (χ3n) is 1.90. The zero-order valence-corrected chi connectivity index (χ0v) is 8.97. The second kappa shape index (κ2) is 3.47. The van der Waals surface area contributed by atoms with Gasteiger partial charge in [0.2, 0.25) is 5.82 Å². The molecule has 0 bridgehead atoms. The lowest BCUT2D eigenvalue weighted by atomic mass is 10.4. The summed E-state index contributed by atoms with van der Waals surface area (Å²) in [5.41, 5.74) is -0.315. The summed E-state index contributed by atoms with van der Waals surface area (Å²) < 4.78 is 4.48. The van der Waals surface area contributed by atoms with Gasteiger partial charge in [0.25, 0.3) is 5.56 Å². The fourth-order valence-electron chi connectivity index (χ4n) is 1.25. The lowest BCUT2D eigenvalue weighted by molar-refractivity contribution is 0.0587. The summed E-state index contributed by atoms with van der Waals surface area (Å²) >= 11 is 1.37. The number of ether oxygens (including phenoxy) is 1. The smallest absolute Gasteiger partial charge is 0.374 e. The van der Waals surface area contributed by atoms with Crippen molar-refractivity contribution < 1.29 is 9.53 Å². The zero-order valence-electron chi connectivity index (χ0n) is 8.16. The highest BCUT2D eigenvalue weighted by molar-refractivity contribution is 7.18. The van der Waals surface area contributed by atoms with Crippen molar-refractivity contribution in [2.45, 2.75) is 6.92 Å². The van der Waals surface area contributed by atoms with Crippen LogP contribution < -0.4 is 5.56 Å². The number of thiophene rings is 1. The molecule has 0 radical (unpaired) electrons. The molecule has 0 atom stereocenters. The molecule has 2 aromatic heterocycles. The molecule has 2 aromatic rings. The minimum absolute atomic E-state index is 0.0585. The number of nitrogens with one attached hydrogen (secondary N) is 1. The molecule has 0 saturated carbocycles. The average molecular weight is 224 g/mol. The highest BCUT2D eigenvalue weighted by Gasteiger charge is 2.12. The third kappa shape index (κ3) is 1.63. The van der Waals surface area contributed by atoms with Gasteiger partial charge in [-0.05, 0) is 13.0 Å². The summed E-state index contributed by atoms with van der Waals surface area (Å²) in [6, 6.07) is 1.74. The molecular formula is C9H8N2O3S.